The molecule has 4 nitrogen and oxygen atoms in total. The van der Waals surface area contributed by atoms with Gasteiger partial charge < -0.3 is 15.0 Å². The van der Waals surface area contributed by atoms with Gasteiger partial charge >= 0.3 is 6.03 Å². The van der Waals surface area contributed by atoms with Crippen molar-refractivity contribution >= 4 is 6.03 Å². The normalized spacial score (nSPS) is 15.1. The third-order valence-electron chi connectivity index (χ3n) is 4.47. The number of amides is 2. The summed E-state index contributed by atoms with van der Waals surface area (Å²) >= 11 is 0. The molecule has 2 aromatic rings. The lowest BCUT2D eigenvalue weighted by atomic mass is 9.90. The summed E-state index contributed by atoms with van der Waals surface area (Å²) in [6.07, 6.45) is 3.22. The number of carbonyl (C=O) groups excluding carboxylic acids is 1. The number of urea groups is 1. The molecule has 0 aromatic heterocycles. The molecule has 1 aliphatic rings. The standard InChI is InChI=1S/C20H24N2O2/c23-20(21-16-24-19-9-5-2-6-10-19)22-13-11-18(12-14-22)15-17-7-3-1-4-8-17/h1-10,18H,11-16H2,(H,21,23). The molecule has 0 atom stereocenters. The Hall–Kier alpha value is -2.49. The van der Waals surface area contributed by atoms with E-state index in [1.807, 2.05) is 41.3 Å². The van der Waals surface area contributed by atoms with Gasteiger partial charge in [-0.2, -0.15) is 0 Å². The molecule has 1 aliphatic heterocycles. The van der Waals surface area contributed by atoms with Crippen molar-refractivity contribution in [3.05, 3.63) is 66.2 Å². The van der Waals surface area contributed by atoms with Gasteiger partial charge in [-0.15, -0.1) is 0 Å². The Labute approximate surface area is 143 Å². The van der Waals surface area contributed by atoms with Crippen LogP contribution in [-0.4, -0.2) is 30.8 Å². The van der Waals surface area contributed by atoms with Gasteiger partial charge in [-0.25, -0.2) is 4.79 Å². The molecular weight excluding hydrogens is 300 g/mol. The second kappa shape index (κ2) is 8.39. The van der Waals surface area contributed by atoms with Gasteiger partial charge in [0.15, 0.2) is 6.73 Å². The molecule has 3 rings (SSSR count). The van der Waals surface area contributed by atoms with Crippen molar-refractivity contribution in [2.75, 3.05) is 19.8 Å². The molecule has 0 unspecified atom stereocenters. The number of hydrogen-bond donors (Lipinski definition) is 1. The number of nitrogens with one attached hydrogen (secondary N) is 1. The van der Waals surface area contributed by atoms with Gasteiger partial charge in [0.05, 0.1) is 0 Å². The zero-order valence-electron chi connectivity index (χ0n) is 13.9. The minimum atomic E-state index is -0.0379. The van der Waals surface area contributed by atoms with E-state index in [0.29, 0.717) is 5.92 Å². The third kappa shape index (κ3) is 4.75. The molecular formula is C20H24N2O2. The molecule has 1 N–H and O–H groups in total. The fraction of sp³-hybridized carbons (Fsp3) is 0.350. The molecule has 0 bridgehead atoms. The van der Waals surface area contributed by atoms with Crippen molar-refractivity contribution in [2.45, 2.75) is 19.3 Å². The molecule has 0 saturated carbocycles. The van der Waals surface area contributed by atoms with Crippen molar-refractivity contribution < 1.29 is 9.53 Å². The summed E-state index contributed by atoms with van der Waals surface area (Å²) in [6.45, 7) is 1.83. The van der Waals surface area contributed by atoms with Crippen LogP contribution in [0.5, 0.6) is 5.75 Å². The Morgan fingerprint density at radius 2 is 1.62 bits per heavy atom. The molecule has 1 heterocycles. The van der Waals surface area contributed by atoms with E-state index < -0.39 is 0 Å². The predicted octanol–water partition coefficient (Wildman–Crippen LogP) is 3.69. The highest BCUT2D eigenvalue weighted by Gasteiger charge is 2.22. The van der Waals surface area contributed by atoms with Crippen LogP contribution in [0.3, 0.4) is 0 Å². The largest absolute Gasteiger partial charge is 0.473 e. The van der Waals surface area contributed by atoms with Crippen LogP contribution in [0.25, 0.3) is 0 Å². The molecule has 1 saturated heterocycles. The summed E-state index contributed by atoms with van der Waals surface area (Å²) in [5.41, 5.74) is 1.39. The minimum Gasteiger partial charge on any atom is -0.473 e. The maximum Gasteiger partial charge on any atom is 0.320 e. The van der Waals surface area contributed by atoms with Crippen molar-refractivity contribution in [2.24, 2.45) is 5.92 Å². The van der Waals surface area contributed by atoms with Gasteiger partial charge in [-0.05, 0) is 42.9 Å². The minimum absolute atomic E-state index is 0.0379. The van der Waals surface area contributed by atoms with Crippen LogP contribution in [0, 0.1) is 5.92 Å². The summed E-state index contributed by atoms with van der Waals surface area (Å²) in [7, 11) is 0. The van der Waals surface area contributed by atoms with E-state index in [0.717, 1.165) is 38.1 Å². The molecule has 0 radical (unpaired) electrons. The average Bonchev–Trinajstić information content (AvgIpc) is 2.64. The van der Waals surface area contributed by atoms with E-state index in [2.05, 4.69) is 29.6 Å². The number of carbonyl (C=O) groups is 1. The first-order valence-electron chi connectivity index (χ1n) is 8.56. The lowest BCUT2D eigenvalue weighted by molar-refractivity contribution is 0.161. The fourth-order valence-electron chi connectivity index (χ4n) is 3.10. The predicted molar refractivity (Wildman–Crippen MR) is 94.9 cm³/mol. The van der Waals surface area contributed by atoms with Crippen LogP contribution in [0.2, 0.25) is 0 Å². The topological polar surface area (TPSA) is 41.6 Å². The Morgan fingerprint density at radius 3 is 2.29 bits per heavy atom. The molecule has 4 heteroatoms. The van der Waals surface area contributed by atoms with Gasteiger partial charge in [-0.1, -0.05) is 48.5 Å². The van der Waals surface area contributed by atoms with E-state index in [-0.39, 0.29) is 12.8 Å². The lowest BCUT2D eigenvalue weighted by Crippen LogP contribution is -2.45. The number of benzene rings is 2. The molecule has 2 aromatic carbocycles. The van der Waals surface area contributed by atoms with E-state index in [1.165, 1.54) is 5.56 Å². The summed E-state index contributed by atoms with van der Waals surface area (Å²) in [6, 6.07) is 20.1. The van der Waals surface area contributed by atoms with Crippen LogP contribution >= 0.6 is 0 Å². The number of para-hydroxylation sites is 1. The SMILES string of the molecule is O=C(NCOc1ccccc1)N1CCC(Cc2ccccc2)CC1. The van der Waals surface area contributed by atoms with E-state index >= 15 is 0 Å². The smallest absolute Gasteiger partial charge is 0.320 e. The molecule has 0 aliphatic carbocycles. The van der Waals surface area contributed by atoms with Crippen LogP contribution in [0.15, 0.2) is 60.7 Å². The van der Waals surface area contributed by atoms with Crippen molar-refractivity contribution in [3.8, 4) is 5.75 Å². The van der Waals surface area contributed by atoms with Gasteiger partial charge in [0.1, 0.15) is 5.75 Å². The zero-order chi connectivity index (χ0) is 16.6. The Morgan fingerprint density at radius 1 is 1.00 bits per heavy atom. The van der Waals surface area contributed by atoms with Crippen molar-refractivity contribution in [1.82, 2.24) is 10.2 Å². The lowest BCUT2D eigenvalue weighted by Gasteiger charge is -2.32. The van der Waals surface area contributed by atoms with Gasteiger partial charge in [0, 0.05) is 13.1 Å². The monoisotopic (exact) mass is 324 g/mol. The quantitative estimate of drug-likeness (QED) is 0.852. The molecule has 0 spiro atoms. The first-order valence-corrected chi connectivity index (χ1v) is 8.56. The van der Waals surface area contributed by atoms with Crippen molar-refractivity contribution in [3.63, 3.8) is 0 Å². The van der Waals surface area contributed by atoms with Crippen molar-refractivity contribution in [1.29, 1.82) is 0 Å². The number of likely N-dealkylation sites (tertiary alicyclic amines) is 1. The number of hydrogen-bond acceptors (Lipinski definition) is 2. The van der Waals surface area contributed by atoms with E-state index in [4.69, 9.17) is 4.74 Å². The second-order valence-electron chi connectivity index (χ2n) is 6.20. The summed E-state index contributed by atoms with van der Waals surface area (Å²) < 4.78 is 5.51. The first-order chi connectivity index (χ1) is 11.8. The van der Waals surface area contributed by atoms with Crippen LogP contribution in [0.1, 0.15) is 18.4 Å². The highest BCUT2D eigenvalue weighted by atomic mass is 16.5. The molecule has 2 amide bonds. The van der Waals surface area contributed by atoms with Crippen LogP contribution < -0.4 is 10.1 Å². The molecule has 1 fully saturated rings. The zero-order valence-corrected chi connectivity index (χ0v) is 13.9. The summed E-state index contributed by atoms with van der Waals surface area (Å²) in [4.78, 5) is 14.1. The molecule has 24 heavy (non-hydrogen) atoms. The number of piperidine rings is 1. The summed E-state index contributed by atoms with van der Waals surface area (Å²) in [5.74, 6) is 1.43. The second-order valence-corrected chi connectivity index (χ2v) is 6.20. The van der Waals surface area contributed by atoms with Gasteiger partial charge in [0.2, 0.25) is 0 Å². The van der Waals surface area contributed by atoms with Gasteiger partial charge in [-0.3, -0.25) is 0 Å². The number of ether oxygens (including phenoxy) is 1. The van der Waals surface area contributed by atoms with Gasteiger partial charge in [0.25, 0.3) is 0 Å². The highest BCUT2D eigenvalue weighted by Crippen LogP contribution is 2.21. The maximum atomic E-state index is 12.2. The van der Waals surface area contributed by atoms with E-state index in [1.54, 1.807) is 0 Å². The Balaban J connectivity index is 1.37. The number of rotatable bonds is 5. The highest BCUT2D eigenvalue weighted by molar-refractivity contribution is 5.74. The fourth-order valence-corrected chi connectivity index (χ4v) is 3.10. The van der Waals surface area contributed by atoms with Crippen LogP contribution in [-0.2, 0) is 6.42 Å². The van der Waals surface area contributed by atoms with E-state index in [9.17, 15) is 4.79 Å². The average molecular weight is 324 g/mol. The Bertz CT molecular complexity index is 623. The first kappa shape index (κ1) is 16.4. The molecule has 126 valence electrons. The maximum absolute atomic E-state index is 12.2. The Kier molecular flexibility index (Phi) is 5.72. The number of nitrogens with zero attached hydrogens (tertiary/aromatic N) is 1. The summed E-state index contributed by atoms with van der Waals surface area (Å²) in [5, 5.41) is 2.83. The van der Waals surface area contributed by atoms with Crippen LogP contribution in [0.4, 0.5) is 4.79 Å². The third-order valence-corrected chi connectivity index (χ3v) is 4.47.